The molecule has 1 saturated carbocycles. The molecular formula is C14H26N2O. The highest BCUT2D eigenvalue weighted by Crippen LogP contribution is 2.37. The van der Waals surface area contributed by atoms with E-state index in [1.807, 2.05) is 0 Å². The van der Waals surface area contributed by atoms with E-state index in [2.05, 4.69) is 17.1 Å². The molecule has 1 aliphatic carbocycles. The molecule has 1 spiro atoms. The van der Waals surface area contributed by atoms with Gasteiger partial charge in [0.1, 0.15) is 0 Å². The van der Waals surface area contributed by atoms with E-state index < -0.39 is 0 Å². The summed E-state index contributed by atoms with van der Waals surface area (Å²) in [6, 6.07) is 0. The predicted molar refractivity (Wildman–Crippen MR) is 69.2 cm³/mol. The van der Waals surface area contributed by atoms with Gasteiger partial charge in [-0.2, -0.15) is 0 Å². The highest BCUT2D eigenvalue weighted by molar-refractivity contribution is 5.00. The molecule has 2 atom stereocenters. The first-order valence-electron chi connectivity index (χ1n) is 7.40. The van der Waals surface area contributed by atoms with E-state index in [1.165, 1.54) is 58.2 Å². The van der Waals surface area contributed by atoms with Gasteiger partial charge in [-0.3, -0.25) is 4.90 Å². The van der Waals surface area contributed by atoms with Crippen LogP contribution in [0.3, 0.4) is 0 Å². The maximum absolute atomic E-state index is 6.00. The lowest BCUT2D eigenvalue weighted by molar-refractivity contribution is -0.0121. The maximum atomic E-state index is 6.00. The Kier molecular flexibility index (Phi) is 3.42. The molecule has 98 valence electrons. The van der Waals surface area contributed by atoms with Crippen LogP contribution in [-0.2, 0) is 4.74 Å². The van der Waals surface area contributed by atoms with Crippen molar-refractivity contribution in [1.82, 2.24) is 10.2 Å². The summed E-state index contributed by atoms with van der Waals surface area (Å²) in [7, 11) is 0. The summed E-state index contributed by atoms with van der Waals surface area (Å²) in [6.45, 7) is 6.96. The summed E-state index contributed by atoms with van der Waals surface area (Å²) in [5.74, 6) is 0. The first kappa shape index (κ1) is 11.9. The molecule has 0 aromatic heterocycles. The number of nitrogens with zero attached hydrogens (tertiary/aromatic N) is 1. The van der Waals surface area contributed by atoms with Crippen molar-refractivity contribution >= 4 is 0 Å². The molecule has 2 saturated heterocycles. The Bertz CT molecular complexity index is 263. The molecule has 0 bridgehead atoms. The van der Waals surface area contributed by atoms with Gasteiger partial charge in [-0.15, -0.1) is 0 Å². The van der Waals surface area contributed by atoms with Crippen molar-refractivity contribution in [2.45, 2.75) is 63.2 Å². The summed E-state index contributed by atoms with van der Waals surface area (Å²) >= 11 is 0. The summed E-state index contributed by atoms with van der Waals surface area (Å²) in [6.07, 6.45) is 9.12. The van der Waals surface area contributed by atoms with Gasteiger partial charge >= 0.3 is 0 Å². The standard InChI is InChI=1S/C14H26N2O/c1-12-4-5-13(17-12)10-16-9-8-15-11-14(16)6-2-3-7-14/h12-13,15H,2-11H2,1H3. The third-order valence-corrected chi connectivity index (χ3v) is 4.96. The van der Waals surface area contributed by atoms with Crippen LogP contribution in [0.5, 0.6) is 0 Å². The molecule has 1 N–H and O–H groups in total. The summed E-state index contributed by atoms with van der Waals surface area (Å²) in [5.41, 5.74) is 0.480. The Morgan fingerprint density at radius 2 is 2.12 bits per heavy atom. The number of ether oxygens (including phenoxy) is 1. The fraction of sp³-hybridized carbons (Fsp3) is 1.00. The lowest BCUT2D eigenvalue weighted by Gasteiger charge is -2.46. The number of hydrogen-bond donors (Lipinski definition) is 1. The van der Waals surface area contributed by atoms with Crippen LogP contribution >= 0.6 is 0 Å². The minimum absolute atomic E-state index is 0.480. The second-order valence-corrected chi connectivity index (χ2v) is 6.20. The van der Waals surface area contributed by atoms with Crippen molar-refractivity contribution in [2.24, 2.45) is 0 Å². The molecule has 3 heteroatoms. The zero-order chi connectivity index (χ0) is 11.7. The summed E-state index contributed by atoms with van der Waals surface area (Å²) in [4.78, 5) is 2.75. The third-order valence-electron chi connectivity index (χ3n) is 4.96. The lowest BCUT2D eigenvalue weighted by atomic mass is 9.92. The van der Waals surface area contributed by atoms with E-state index in [4.69, 9.17) is 4.74 Å². The number of rotatable bonds is 2. The topological polar surface area (TPSA) is 24.5 Å². The van der Waals surface area contributed by atoms with Gasteiger partial charge in [0.05, 0.1) is 12.2 Å². The van der Waals surface area contributed by atoms with E-state index in [-0.39, 0.29) is 0 Å². The number of nitrogens with one attached hydrogen (secondary N) is 1. The van der Waals surface area contributed by atoms with Crippen LogP contribution in [0.2, 0.25) is 0 Å². The third kappa shape index (κ3) is 2.38. The Morgan fingerprint density at radius 1 is 1.29 bits per heavy atom. The van der Waals surface area contributed by atoms with E-state index in [9.17, 15) is 0 Å². The van der Waals surface area contributed by atoms with Gasteiger partial charge < -0.3 is 10.1 Å². The van der Waals surface area contributed by atoms with Crippen molar-refractivity contribution in [3.8, 4) is 0 Å². The fourth-order valence-corrected chi connectivity index (χ4v) is 3.96. The molecular weight excluding hydrogens is 212 g/mol. The molecule has 17 heavy (non-hydrogen) atoms. The van der Waals surface area contributed by atoms with Crippen LogP contribution in [0.25, 0.3) is 0 Å². The zero-order valence-electron chi connectivity index (χ0n) is 11.1. The molecule has 3 nitrogen and oxygen atoms in total. The molecule has 0 radical (unpaired) electrons. The monoisotopic (exact) mass is 238 g/mol. The molecule has 2 unspecified atom stereocenters. The van der Waals surface area contributed by atoms with E-state index in [0.29, 0.717) is 17.7 Å². The Morgan fingerprint density at radius 3 is 2.82 bits per heavy atom. The van der Waals surface area contributed by atoms with Gasteiger partial charge in [0, 0.05) is 31.7 Å². The largest absolute Gasteiger partial charge is 0.374 e. The van der Waals surface area contributed by atoms with E-state index in [0.717, 1.165) is 6.54 Å². The summed E-state index contributed by atoms with van der Waals surface area (Å²) < 4.78 is 6.00. The second kappa shape index (κ2) is 4.87. The second-order valence-electron chi connectivity index (χ2n) is 6.20. The molecule has 0 amide bonds. The first-order chi connectivity index (χ1) is 8.28. The van der Waals surface area contributed by atoms with Crippen LogP contribution in [0.1, 0.15) is 45.4 Å². The first-order valence-corrected chi connectivity index (χ1v) is 7.40. The highest BCUT2D eigenvalue weighted by Gasteiger charge is 2.42. The normalized spacial score (nSPS) is 37.9. The van der Waals surface area contributed by atoms with E-state index in [1.54, 1.807) is 0 Å². The van der Waals surface area contributed by atoms with Gasteiger partial charge in [-0.1, -0.05) is 12.8 Å². The average Bonchev–Trinajstić information content (AvgIpc) is 2.93. The quantitative estimate of drug-likeness (QED) is 0.793. The Hall–Kier alpha value is -0.120. The van der Waals surface area contributed by atoms with Crippen molar-refractivity contribution in [3.05, 3.63) is 0 Å². The minimum atomic E-state index is 0.480. The van der Waals surface area contributed by atoms with E-state index >= 15 is 0 Å². The van der Waals surface area contributed by atoms with Crippen molar-refractivity contribution in [2.75, 3.05) is 26.2 Å². The fourth-order valence-electron chi connectivity index (χ4n) is 3.96. The molecule has 0 aromatic rings. The molecule has 2 aliphatic heterocycles. The van der Waals surface area contributed by atoms with Crippen LogP contribution in [0.4, 0.5) is 0 Å². The van der Waals surface area contributed by atoms with Crippen LogP contribution in [0, 0.1) is 0 Å². The molecule has 0 aromatic carbocycles. The van der Waals surface area contributed by atoms with Crippen LogP contribution in [-0.4, -0.2) is 48.8 Å². The summed E-state index contributed by atoms with van der Waals surface area (Å²) in [5, 5.41) is 3.60. The molecule has 3 fully saturated rings. The van der Waals surface area contributed by atoms with Gasteiger partial charge in [-0.05, 0) is 32.6 Å². The molecule has 3 aliphatic rings. The van der Waals surface area contributed by atoms with Gasteiger partial charge in [0.15, 0.2) is 0 Å². The van der Waals surface area contributed by atoms with Crippen molar-refractivity contribution in [1.29, 1.82) is 0 Å². The predicted octanol–water partition coefficient (Wildman–Crippen LogP) is 1.77. The van der Waals surface area contributed by atoms with Crippen LogP contribution < -0.4 is 5.32 Å². The Labute approximate surface area is 105 Å². The SMILES string of the molecule is CC1CCC(CN2CCNCC23CCCC3)O1. The lowest BCUT2D eigenvalue weighted by Crippen LogP contribution is -2.61. The smallest absolute Gasteiger partial charge is 0.0706 e. The van der Waals surface area contributed by atoms with Crippen molar-refractivity contribution < 1.29 is 4.74 Å². The molecule has 2 heterocycles. The zero-order valence-corrected chi connectivity index (χ0v) is 11.1. The maximum Gasteiger partial charge on any atom is 0.0706 e. The van der Waals surface area contributed by atoms with Gasteiger partial charge in [0.25, 0.3) is 0 Å². The molecule has 3 rings (SSSR count). The number of piperazine rings is 1. The average molecular weight is 238 g/mol. The Balaban J connectivity index is 1.63. The van der Waals surface area contributed by atoms with Gasteiger partial charge in [-0.25, -0.2) is 0 Å². The van der Waals surface area contributed by atoms with Gasteiger partial charge in [0.2, 0.25) is 0 Å². The van der Waals surface area contributed by atoms with Crippen molar-refractivity contribution in [3.63, 3.8) is 0 Å². The minimum Gasteiger partial charge on any atom is -0.374 e. The van der Waals surface area contributed by atoms with Crippen LogP contribution in [0.15, 0.2) is 0 Å². The highest BCUT2D eigenvalue weighted by atomic mass is 16.5. The number of hydrogen-bond acceptors (Lipinski definition) is 3.